The first-order chi connectivity index (χ1) is 7.22. The largest absolute Gasteiger partial charge is 0.359 e. The normalized spacial score (nSPS) is 12.6. The number of amides is 2. The highest BCUT2D eigenvalue weighted by Gasteiger charge is 2.28. The van der Waals surface area contributed by atoms with Crippen molar-refractivity contribution in [2.75, 3.05) is 13.6 Å². The molecule has 0 aliphatic heterocycles. The zero-order valence-corrected chi connectivity index (χ0v) is 12.0. The predicted molar refractivity (Wildman–Crippen MR) is 70.9 cm³/mol. The van der Waals surface area contributed by atoms with E-state index in [9.17, 15) is 9.59 Å². The van der Waals surface area contributed by atoms with E-state index < -0.39 is 11.5 Å². The first-order valence-electron chi connectivity index (χ1n) is 5.48. The number of halogens is 1. The highest BCUT2D eigenvalue weighted by Crippen LogP contribution is 2.13. The van der Waals surface area contributed by atoms with Gasteiger partial charge in [-0.25, -0.2) is 0 Å². The summed E-state index contributed by atoms with van der Waals surface area (Å²) < 4.78 is 0. The molecule has 0 spiro atoms. The summed E-state index contributed by atoms with van der Waals surface area (Å²) in [5, 5.41) is 5.25. The van der Waals surface area contributed by atoms with Crippen molar-refractivity contribution < 1.29 is 9.59 Å². The fourth-order valence-corrected chi connectivity index (χ4v) is 1.15. The van der Waals surface area contributed by atoms with E-state index in [1.54, 1.807) is 20.9 Å². The Kier molecular flexibility index (Phi) is 8.19. The molecule has 17 heavy (non-hydrogen) atoms. The van der Waals surface area contributed by atoms with E-state index in [0.29, 0.717) is 0 Å². The van der Waals surface area contributed by atoms with E-state index >= 15 is 0 Å². The fraction of sp³-hybridized carbons (Fsp3) is 0.818. The molecule has 102 valence electrons. The number of nitrogens with two attached hydrogens (primary N) is 1. The molecule has 0 radical (unpaired) electrons. The zero-order chi connectivity index (χ0) is 12.9. The molecule has 0 unspecified atom stereocenters. The van der Waals surface area contributed by atoms with Crippen molar-refractivity contribution in [1.82, 2.24) is 10.6 Å². The highest BCUT2D eigenvalue weighted by atomic mass is 35.5. The van der Waals surface area contributed by atoms with Gasteiger partial charge in [-0.1, -0.05) is 13.8 Å². The molecule has 0 fully saturated rings. The second kappa shape index (κ2) is 7.50. The first kappa shape index (κ1) is 18.6. The molecule has 0 saturated carbocycles. The Morgan fingerprint density at radius 2 is 1.76 bits per heavy atom. The van der Waals surface area contributed by atoms with Crippen LogP contribution in [0.15, 0.2) is 0 Å². The van der Waals surface area contributed by atoms with Crippen molar-refractivity contribution in [3.05, 3.63) is 0 Å². The zero-order valence-electron chi connectivity index (χ0n) is 11.2. The number of carbonyl (C=O) groups excluding carboxylic acids is 2. The van der Waals surface area contributed by atoms with E-state index in [4.69, 9.17) is 5.73 Å². The lowest BCUT2D eigenvalue weighted by Gasteiger charge is -2.24. The van der Waals surface area contributed by atoms with Crippen LogP contribution in [0.25, 0.3) is 0 Å². The quantitative estimate of drug-likeness (QED) is 0.668. The average Bonchev–Trinajstić information content (AvgIpc) is 2.23. The standard InChI is InChI=1S/C11H23N3O2.ClH/c1-7(2)8(12)9(15)14-6-11(3,4)10(16)13-5;/h7-8H,6,12H2,1-5H3,(H,13,16)(H,14,15);1H/t8-;/m0./s1. The van der Waals surface area contributed by atoms with E-state index in [1.807, 2.05) is 13.8 Å². The molecule has 0 bridgehead atoms. The Bertz CT molecular complexity index is 267. The van der Waals surface area contributed by atoms with Crippen LogP contribution in [0.5, 0.6) is 0 Å². The van der Waals surface area contributed by atoms with Gasteiger partial charge in [0.1, 0.15) is 0 Å². The van der Waals surface area contributed by atoms with Crippen LogP contribution >= 0.6 is 12.4 Å². The van der Waals surface area contributed by atoms with Gasteiger partial charge >= 0.3 is 0 Å². The van der Waals surface area contributed by atoms with Crippen LogP contribution in [0.1, 0.15) is 27.7 Å². The predicted octanol–water partition coefficient (Wildman–Crippen LogP) is 0.280. The van der Waals surface area contributed by atoms with E-state index in [-0.39, 0.29) is 36.7 Å². The summed E-state index contributed by atoms with van der Waals surface area (Å²) in [7, 11) is 1.58. The molecule has 1 atom stereocenters. The van der Waals surface area contributed by atoms with E-state index in [1.165, 1.54) is 0 Å². The molecule has 6 heteroatoms. The summed E-state index contributed by atoms with van der Waals surface area (Å²) in [6.45, 7) is 7.59. The molecular formula is C11H24ClN3O2. The van der Waals surface area contributed by atoms with Crippen LogP contribution in [-0.4, -0.2) is 31.4 Å². The summed E-state index contributed by atoms with van der Waals surface area (Å²) in [6.07, 6.45) is 0. The molecule has 0 aromatic heterocycles. The van der Waals surface area contributed by atoms with Gasteiger partial charge in [-0.2, -0.15) is 0 Å². The molecule has 5 nitrogen and oxygen atoms in total. The molecule has 0 saturated heterocycles. The molecule has 0 aliphatic carbocycles. The third-order valence-electron chi connectivity index (χ3n) is 2.57. The Balaban J connectivity index is 0. The third kappa shape index (κ3) is 5.89. The van der Waals surface area contributed by atoms with Crippen LogP contribution in [0.2, 0.25) is 0 Å². The minimum absolute atomic E-state index is 0. The van der Waals surface area contributed by atoms with Crippen molar-refractivity contribution in [2.24, 2.45) is 17.1 Å². The van der Waals surface area contributed by atoms with Gasteiger partial charge in [0.05, 0.1) is 11.5 Å². The fourth-order valence-electron chi connectivity index (χ4n) is 1.15. The topological polar surface area (TPSA) is 84.2 Å². The van der Waals surface area contributed by atoms with Gasteiger partial charge in [0, 0.05) is 13.6 Å². The van der Waals surface area contributed by atoms with Crippen molar-refractivity contribution in [3.8, 4) is 0 Å². The van der Waals surface area contributed by atoms with Crippen molar-refractivity contribution >= 4 is 24.2 Å². The van der Waals surface area contributed by atoms with Crippen LogP contribution in [0.3, 0.4) is 0 Å². The Hall–Kier alpha value is -0.810. The van der Waals surface area contributed by atoms with Crippen molar-refractivity contribution in [3.63, 3.8) is 0 Å². The molecule has 0 rings (SSSR count). The van der Waals surface area contributed by atoms with Gasteiger partial charge in [-0.3, -0.25) is 9.59 Å². The summed E-state index contributed by atoms with van der Waals surface area (Å²) in [5.74, 6) is -0.235. The van der Waals surface area contributed by atoms with E-state index in [2.05, 4.69) is 10.6 Å². The number of nitrogens with one attached hydrogen (secondary N) is 2. The third-order valence-corrected chi connectivity index (χ3v) is 2.57. The lowest BCUT2D eigenvalue weighted by molar-refractivity contribution is -0.129. The highest BCUT2D eigenvalue weighted by molar-refractivity contribution is 5.85. The monoisotopic (exact) mass is 265 g/mol. The van der Waals surface area contributed by atoms with Crippen molar-refractivity contribution in [2.45, 2.75) is 33.7 Å². The summed E-state index contributed by atoms with van der Waals surface area (Å²) in [6, 6.07) is -0.527. The minimum atomic E-state index is -0.624. The maximum atomic E-state index is 11.6. The first-order valence-corrected chi connectivity index (χ1v) is 5.48. The van der Waals surface area contributed by atoms with Crippen LogP contribution in [0, 0.1) is 11.3 Å². The molecule has 0 aromatic rings. The number of hydrogen-bond acceptors (Lipinski definition) is 3. The molecule has 4 N–H and O–H groups in total. The maximum Gasteiger partial charge on any atom is 0.237 e. The number of carbonyl (C=O) groups is 2. The van der Waals surface area contributed by atoms with E-state index in [0.717, 1.165) is 0 Å². The van der Waals surface area contributed by atoms with Gasteiger partial charge in [-0.15, -0.1) is 12.4 Å². The Labute approximate surface area is 109 Å². The SMILES string of the molecule is CNC(=O)C(C)(C)CNC(=O)[C@@H](N)C(C)C.Cl. The van der Waals surface area contributed by atoms with Gasteiger partial charge in [0.25, 0.3) is 0 Å². The average molecular weight is 266 g/mol. The number of hydrogen-bond donors (Lipinski definition) is 3. The molecular weight excluding hydrogens is 242 g/mol. The molecule has 0 aliphatic rings. The van der Waals surface area contributed by atoms with Gasteiger partial charge < -0.3 is 16.4 Å². The summed E-state index contributed by atoms with van der Waals surface area (Å²) >= 11 is 0. The second-order valence-corrected chi connectivity index (χ2v) is 4.95. The second-order valence-electron chi connectivity index (χ2n) is 4.95. The van der Waals surface area contributed by atoms with Gasteiger partial charge in [-0.05, 0) is 19.8 Å². The molecule has 0 heterocycles. The molecule has 0 aromatic carbocycles. The lowest BCUT2D eigenvalue weighted by atomic mass is 9.92. The van der Waals surface area contributed by atoms with Crippen molar-refractivity contribution in [1.29, 1.82) is 0 Å². The summed E-state index contributed by atoms with van der Waals surface area (Å²) in [5.41, 5.74) is 5.06. The number of rotatable bonds is 5. The van der Waals surface area contributed by atoms with Crippen LogP contribution in [-0.2, 0) is 9.59 Å². The molecule has 2 amide bonds. The van der Waals surface area contributed by atoms with Gasteiger partial charge in [0.2, 0.25) is 11.8 Å². The Morgan fingerprint density at radius 3 is 2.12 bits per heavy atom. The Morgan fingerprint density at radius 1 is 1.29 bits per heavy atom. The summed E-state index contributed by atoms with van der Waals surface area (Å²) in [4.78, 5) is 23.0. The minimum Gasteiger partial charge on any atom is -0.359 e. The van der Waals surface area contributed by atoms with Crippen LogP contribution < -0.4 is 16.4 Å². The van der Waals surface area contributed by atoms with Crippen LogP contribution in [0.4, 0.5) is 0 Å². The lowest BCUT2D eigenvalue weighted by Crippen LogP contribution is -2.49. The smallest absolute Gasteiger partial charge is 0.237 e. The van der Waals surface area contributed by atoms with Gasteiger partial charge in [0.15, 0.2) is 0 Å². The maximum absolute atomic E-state index is 11.6.